The molecule has 1 heterocycles. The fourth-order valence-electron chi connectivity index (χ4n) is 3.71. The third-order valence-electron chi connectivity index (χ3n) is 5.10. The quantitative estimate of drug-likeness (QED) is 0.476. The van der Waals surface area contributed by atoms with Gasteiger partial charge in [0.2, 0.25) is 5.91 Å². The van der Waals surface area contributed by atoms with Crippen molar-refractivity contribution in [3.63, 3.8) is 0 Å². The zero-order valence-electron chi connectivity index (χ0n) is 18.3. The first-order valence-electron chi connectivity index (χ1n) is 10.5. The second-order valence-corrected chi connectivity index (χ2v) is 8.78. The molecule has 4 aromatic rings. The zero-order chi connectivity index (χ0) is 22.9. The van der Waals surface area contributed by atoms with E-state index in [-0.39, 0.29) is 29.3 Å². The van der Waals surface area contributed by atoms with Crippen molar-refractivity contribution in [2.24, 2.45) is 0 Å². The topological polar surface area (TPSA) is 80.2 Å². The molecule has 0 unspecified atom stereocenters. The first-order valence-corrected chi connectivity index (χ1v) is 10.5. The predicted molar refractivity (Wildman–Crippen MR) is 128 cm³/mol. The number of para-hydroxylation sites is 2. The maximum atomic E-state index is 12.9. The van der Waals surface area contributed by atoms with Crippen LogP contribution < -0.4 is 16.1 Å². The van der Waals surface area contributed by atoms with Gasteiger partial charge in [0.05, 0.1) is 11.0 Å². The highest BCUT2D eigenvalue weighted by atomic mass is 16.2. The summed E-state index contributed by atoms with van der Waals surface area (Å²) in [6.45, 7) is 5.81. The van der Waals surface area contributed by atoms with Crippen LogP contribution in [0.4, 0.5) is 5.69 Å². The van der Waals surface area contributed by atoms with Gasteiger partial charge in [0, 0.05) is 27.6 Å². The number of pyridine rings is 1. The first-order chi connectivity index (χ1) is 15.2. The van der Waals surface area contributed by atoms with Crippen molar-refractivity contribution in [3.05, 3.63) is 88.6 Å². The van der Waals surface area contributed by atoms with E-state index in [0.717, 1.165) is 0 Å². The van der Waals surface area contributed by atoms with Crippen molar-refractivity contribution < 1.29 is 9.59 Å². The Labute approximate surface area is 185 Å². The van der Waals surface area contributed by atoms with Gasteiger partial charge >= 0.3 is 0 Å². The fraction of sp³-hybridized carbons (Fsp3) is 0.192. The van der Waals surface area contributed by atoms with Crippen molar-refractivity contribution in [1.82, 2.24) is 9.88 Å². The van der Waals surface area contributed by atoms with Gasteiger partial charge in [-0.1, -0.05) is 24.3 Å². The highest BCUT2D eigenvalue weighted by Gasteiger charge is 2.16. The molecule has 0 aliphatic carbocycles. The van der Waals surface area contributed by atoms with Crippen LogP contribution in [0.3, 0.4) is 0 Å². The summed E-state index contributed by atoms with van der Waals surface area (Å²) in [5, 5.41) is 6.95. The third-order valence-corrected chi connectivity index (χ3v) is 5.10. The van der Waals surface area contributed by atoms with Gasteiger partial charge in [-0.05, 0) is 69.3 Å². The molecule has 4 rings (SSSR count). The molecule has 6 nitrogen and oxygen atoms in total. The minimum absolute atomic E-state index is 0.0445. The molecule has 0 saturated carbocycles. The van der Waals surface area contributed by atoms with Gasteiger partial charge in [-0.25, -0.2) is 0 Å². The summed E-state index contributed by atoms with van der Waals surface area (Å²) < 4.78 is 1.85. The summed E-state index contributed by atoms with van der Waals surface area (Å²) in [4.78, 5) is 38.0. The van der Waals surface area contributed by atoms with Gasteiger partial charge in [0.15, 0.2) is 5.43 Å². The summed E-state index contributed by atoms with van der Waals surface area (Å²) in [6.07, 6.45) is 0. The number of hydrogen-bond acceptors (Lipinski definition) is 3. The minimum atomic E-state index is -0.327. The SMILES string of the molecule is CC(C)(C)NC(=O)c1ccc(NC(=O)Cn2c3ccccc3c(=O)c3ccccc32)cc1. The molecular formula is C26H25N3O3. The van der Waals surface area contributed by atoms with Gasteiger partial charge in [0.25, 0.3) is 5.91 Å². The molecule has 162 valence electrons. The molecule has 6 heteroatoms. The zero-order valence-corrected chi connectivity index (χ0v) is 18.3. The van der Waals surface area contributed by atoms with Crippen LogP contribution in [0, 0.1) is 0 Å². The molecule has 2 amide bonds. The van der Waals surface area contributed by atoms with Crippen LogP contribution in [0.15, 0.2) is 77.6 Å². The maximum Gasteiger partial charge on any atom is 0.251 e. The molecule has 32 heavy (non-hydrogen) atoms. The summed E-state index contributed by atoms with van der Waals surface area (Å²) in [7, 11) is 0. The third kappa shape index (κ3) is 4.39. The van der Waals surface area contributed by atoms with E-state index in [1.54, 1.807) is 36.4 Å². The molecule has 0 aliphatic rings. The van der Waals surface area contributed by atoms with E-state index in [1.807, 2.05) is 61.7 Å². The number of anilines is 1. The monoisotopic (exact) mass is 427 g/mol. The second kappa shape index (κ2) is 8.30. The number of hydrogen-bond donors (Lipinski definition) is 2. The Kier molecular flexibility index (Phi) is 5.53. The van der Waals surface area contributed by atoms with Crippen LogP contribution in [-0.2, 0) is 11.3 Å². The molecule has 0 atom stereocenters. The van der Waals surface area contributed by atoms with E-state index in [2.05, 4.69) is 10.6 Å². The van der Waals surface area contributed by atoms with Crippen LogP contribution in [0.5, 0.6) is 0 Å². The Hall–Kier alpha value is -3.93. The van der Waals surface area contributed by atoms with Crippen molar-refractivity contribution in [2.45, 2.75) is 32.9 Å². The van der Waals surface area contributed by atoms with Gasteiger partial charge in [-0.3, -0.25) is 14.4 Å². The smallest absolute Gasteiger partial charge is 0.251 e. The average Bonchev–Trinajstić information content (AvgIpc) is 2.76. The lowest BCUT2D eigenvalue weighted by Gasteiger charge is -2.20. The number of nitrogens with zero attached hydrogens (tertiary/aromatic N) is 1. The Bertz CT molecular complexity index is 1320. The van der Waals surface area contributed by atoms with Crippen molar-refractivity contribution in [2.75, 3.05) is 5.32 Å². The Balaban J connectivity index is 1.59. The van der Waals surface area contributed by atoms with Crippen LogP contribution in [-0.4, -0.2) is 21.9 Å². The minimum Gasteiger partial charge on any atom is -0.347 e. The largest absolute Gasteiger partial charge is 0.347 e. The lowest BCUT2D eigenvalue weighted by molar-refractivity contribution is -0.116. The Morgan fingerprint density at radius 1 is 0.812 bits per heavy atom. The van der Waals surface area contributed by atoms with Gasteiger partial charge in [-0.2, -0.15) is 0 Å². The van der Waals surface area contributed by atoms with Crippen molar-refractivity contribution >= 4 is 39.3 Å². The Morgan fingerprint density at radius 3 is 1.88 bits per heavy atom. The lowest BCUT2D eigenvalue weighted by Crippen LogP contribution is -2.40. The highest BCUT2D eigenvalue weighted by molar-refractivity contribution is 5.98. The van der Waals surface area contributed by atoms with E-state index in [0.29, 0.717) is 33.1 Å². The van der Waals surface area contributed by atoms with Crippen LogP contribution >= 0.6 is 0 Å². The molecule has 0 radical (unpaired) electrons. The lowest BCUT2D eigenvalue weighted by atomic mass is 10.1. The number of carbonyl (C=O) groups is 2. The van der Waals surface area contributed by atoms with Gasteiger partial charge in [0.1, 0.15) is 6.54 Å². The van der Waals surface area contributed by atoms with E-state index < -0.39 is 0 Å². The van der Waals surface area contributed by atoms with Crippen LogP contribution in [0.2, 0.25) is 0 Å². The summed E-state index contributed by atoms with van der Waals surface area (Å²) >= 11 is 0. The molecular weight excluding hydrogens is 402 g/mol. The van der Waals surface area contributed by atoms with Crippen LogP contribution in [0.25, 0.3) is 21.8 Å². The highest BCUT2D eigenvalue weighted by Crippen LogP contribution is 2.19. The molecule has 3 aromatic carbocycles. The van der Waals surface area contributed by atoms with Crippen molar-refractivity contribution in [3.8, 4) is 0 Å². The van der Waals surface area contributed by atoms with Gasteiger partial charge in [-0.15, -0.1) is 0 Å². The van der Waals surface area contributed by atoms with Crippen LogP contribution in [0.1, 0.15) is 31.1 Å². The number of fused-ring (bicyclic) bond motifs is 2. The summed E-state index contributed by atoms with van der Waals surface area (Å²) in [6, 6.07) is 21.4. The number of benzene rings is 3. The number of nitrogens with one attached hydrogen (secondary N) is 2. The predicted octanol–water partition coefficient (Wildman–Crippen LogP) is 4.32. The molecule has 0 spiro atoms. The Morgan fingerprint density at radius 2 is 1.34 bits per heavy atom. The molecule has 1 aromatic heterocycles. The number of carbonyl (C=O) groups excluding carboxylic acids is 2. The number of amides is 2. The molecule has 0 fully saturated rings. The second-order valence-electron chi connectivity index (χ2n) is 8.78. The number of rotatable bonds is 4. The molecule has 2 N–H and O–H groups in total. The number of aromatic nitrogens is 1. The molecule has 0 aliphatic heterocycles. The maximum absolute atomic E-state index is 12.9. The van der Waals surface area contributed by atoms with E-state index in [9.17, 15) is 14.4 Å². The van der Waals surface area contributed by atoms with E-state index >= 15 is 0 Å². The summed E-state index contributed by atoms with van der Waals surface area (Å²) in [5.74, 6) is -0.391. The van der Waals surface area contributed by atoms with Gasteiger partial charge < -0.3 is 15.2 Å². The van der Waals surface area contributed by atoms with E-state index in [4.69, 9.17) is 0 Å². The standard InChI is InChI=1S/C26H25N3O3/c1-26(2,3)28-25(32)17-12-14-18(15-13-17)27-23(30)16-29-21-10-6-4-8-19(21)24(31)20-9-5-7-11-22(20)29/h4-15H,16H2,1-3H3,(H,27,30)(H,28,32). The van der Waals surface area contributed by atoms with E-state index in [1.165, 1.54) is 0 Å². The molecule has 0 bridgehead atoms. The summed E-state index contributed by atoms with van der Waals surface area (Å²) in [5.41, 5.74) is 2.16. The first kappa shape index (κ1) is 21.3. The average molecular weight is 428 g/mol. The molecule has 0 saturated heterocycles. The van der Waals surface area contributed by atoms with Crippen molar-refractivity contribution in [1.29, 1.82) is 0 Å². The normalized spacial score (nSPS) is 11.5. The fourth-order valence-corrected chi connectivity index (χ4v) is 3.71.